The molecule has 0 aliphatic carbocycles. The monoisotopic (exact) mass is 405 g/mol. The van der Waals surface area contributed by atoms with Crippen LogP contribution in [0.2, 0.25) is 0 Å². The highest BCUT2D eigenvalue weighted by Crippen LogP contribution is 2.31. The topological polar surface area (TPSA) is 101 Å². The van der Waals surface area contributed by atoms with Gasteiger partial charge in [0.1, 0.15) is 6.61 Å². The van der Waals surface area contributed by atoms with Crippen LogP contribution >= 0.6 is 0 Å². The number of piperazine rings is 1. The van der Waals surface area contributed by atoms with Gasteiger partial charge in [0, 0.05) is 6.04 Å². The Balaban J connectivity index is 1.39. The first kappa shape index (κ1) is 20.9. The van der Waals surface area contributed by atoms with Crippen molar-refractivity contribution < 1.29 is 28.8 Å². The number of ether oxygens (including phenoxy) is 2. The number of nitrogens with one attached hydrogen (secondary N) is 3. The zero-order valence-electron chi connectivity index (χ0n) is 16.9. The van der Waals surface area contributed by atoms with Crippen molar-refractivity contribution in [3.05, 3.63) is 24.3 Å². The molecule has 3 amide bonds. The van der Waals surface area contributed by atoms with Crippen LogP contribution in [0.5, 0.6) is 11.5 Å². The van der Waals surface area contributed by atoms with Crippen molar-refractivity contribution in [2.24, 2.45) is 0 Å². The van der Waals surface area contributed by atoms with Gasteiger partial charge in [-0.25, -0.2) is 0 Å². The number of carbonyl (C=O) groups excluding carboxylic acids is 3. The third kappa shape index (κ3) is 5.83. The highest BCUT2D eigenvalue weighted by atomic mass is 16.6. The maximum absolute atomic E-state index is 12.7. The molecule has 0 spiro atoms. The number of quaternary nitrogens is 1. The highest BCUT2D eigenvalue weighted by molar-refractivity contribution is 5.85. The number of fused-ring (bicyclic) bond motifs is 1. The third-order valence-electron chi connectivity index (χ3n) is 4.87. The fraction of sp³-hybridized carbons (Fsp3) is 0.550. The molecule has 2 aliphatic heterocycles. The molecule has 29 heavy (non-hydrogen) atoms. The van der Waals surface area contributed by atoms with Gasteiger partial charge in [0.15, 0.2) is 18.0 Å². The van der Waals surface area contributed by atoms with E-state index in [9.17, 15) is 14.4 Å². The predicted octanol–water partition coefficient (Wildman–Crippen LogP) is -1.81. The predicted molar refractivity (Wildman–Crippen MR) is 105 cm³/mol. The van der Waals surface area contributed by atoms with Crippen LogP contribution in [0.25, 0.3) is 0 Å². The first-order valence-corrected chi connectivity index (χ1v) is 9.99. The number of benzene rings is 1. The third-order valence-corrected chi connectivity index (χ3v) is 4.87. The van der Waals surface area contributed by atoms with Gasteiger partial charge in [0.05, 0.1) is 32.7 Å². The molecule has 1 aromatic carbocycles. The maximum Gasteiger partial charge on any atom is 0.275 e. The molecule has 3 N–H and O–H groups in total. The van der Waals surface area contributed by atoms with Gasteiger partial charge in [-0.15, -0.1) is 0 Å². The normalized spacial score (nSPS) is 19.0. The molecule has 0 saturated carbocycles. The van der Waals surface area contributed by atoms with E-state index in [4.69, 9.17) is 9.47 Å². The van der Waals surface area contributed by atoms with E-state index in [1.807, 2.05) is 32.0 Å². The number of amides is 3. The lowest BCUT2D eigenvalue weighted by Gasteiger charge is -2.35. The molecule has 9 nitrogen and oxygen atoms in total. The minimum absolute atomic E-state index is 0.0185. The van der Waals surface area contributed by atoms with Crippen LogP contribution in [0.3, 0.4) is 0 Å². The average Bonchev–Trinajstić information content (AvgIpc) is 2.71. The minimum atomic E-state index is -0.644. The van der Waals surface area contributed by atoms with Crippen molar-refractivity contribution in [1.29, 1.82) is 0 Å². The Bertz CT molecular complexity index is 746. The van der Waals surface area contributed by atoms with Crippen LogP contribution in [-0.2, 0) is 14.4 Å². The van der Waals surface area contributed by atoms with E-state index in [0.717, 1.165) is 4.90 Å². The van der Waals surface area contributed by atoms with Crippen molar-refractivity contribution in [2.45, 2.75) is 26.0 Å². The molecule has 1 atom stereocenters. The van der Waals surface area contributed by atoms with Gasteiger partial charge < -0.3 is 29.9 Å². The second-order valence-corrected chi connectivity index (χ2v) is 7.62. The lowest BCUT2D eigenvalue weighted by atomic mass is 10.2. The summed E-state index contributed by atoms with van der Waals surface area (Å²) in [7, 11) is 0. The highest BCUT2D eigenvalue weighted by Gasteiger charge is 2.34. The molecule has 1 fully saturated rings. The van der Waals surface area contributed by atoms with Crippen LogP contribution in [-0.4, -0.2) is 80.6 Å². The van der Waals surface area contributed by atoms with Gasteiger partial charge >= 0.3 is 0 Å². The Labute approximate surface area is 170 Å². The maximum atomic E-state index is 12.7. The summed E-state index contributed by atoms with van der Waals surface area (Å²) in [6.07, 6.45) is -0.644. The summed E-state index contributed by atoms with van der Waals surface area (Å²) in [4.78, 5) is 39.2. The van der Waals surface area contributed by atoms with E-state index in [2.05, 4.69) is 10.6 Å². The van der Waals surface area contributed by atoms with E-state index < -0.39 is 6.10 Å². The Hall–Kier alpha value is -2.81. The van der Waals surface area contributed by atoms with Gasteiger partial charge in [-0.05, 0) is 26.0 Å². The van der Waals surface area contributed by atoms with Crippen molar-refractivity contribution in [2.75, 3.05) is 45.9 Å². The van der Waals surface area contributed by atoms with E-state index in [1.165, 1.54) is 0 Å². The molecule has 0 aromatic heterocycles. The number of para-hydroxylation sites is 2. The summed E-state index contributed by atoms with van der Waals surface area (Å²) in [6, 6.07) is 7.35. The minimum Gasteiger partial charge on any atom is -0.485 e. The number of nitrogens with zero attached hydrogens (tertiary/aromatic N) is 1. The lowest BCUT2D eigenvalue weighted by molar-refractivity contribution is -0.896. The van der Waals surface area contributed by atoms with Crippen LogP contribution in [0.1, 0.15) is 13.8 Å². The number of hydrogen-bond acceptors (Lipinski definition) is 5. The van der Waals surface area contributed by atoms with E-state index in [1.54, 1.807) is 11.0 Å². The van der Waals surface area contributed by atoms with Gasteiger partial charge in [-0.2, -0.15) is 0 Å². The fourth-order valence-corrected chi connectivity index (χ4v) is 3.41. The summed E-state index contributed by atoms with van der Waals surface area (Å²) < 4.78 is 11.4. The fourth-order valence-electron chi connectivity index (χ4n) is 3.41. The number of rotatable bonds is 6. The summed E-state index contributed by atoms with van der Waals surface area (Å²) in [5.41, 5.74) is 0. The molecule has 2 aliphatic rings. The standard InChI is InChI=1S/C20H28N4O5/c1-14(2)22-18(25)11-21-19(26)12-23-7-9-24(10-8-23)20(27)17-13-28-15-5-3-4-6-16(15)29-17/h3-6,14,17H,7-13H2,1-2H3,(H,21,26)(H,22,25)/p+1/t17-/m1/s1. The molecule has 3 rings (SSSR count). The number of hydrogen-bond donors (Lipinski definition) is 3. The van der Waals surface area contributed by atoms with Crippen LogP contribution in [0, 0.1) is 0 Å². The molecule has 2 heterocycles. The largest absolute Gasteiger partial charge is 0.485 e. The molecule has 0 radical (unpaired) electrons. The average molecular weight is 405 g/mol. The zero-order valence-corrected chi connectivity index (χ0v) is 16.9. The smallest absolute Gasteiger partial charge is 0.275 e. The van der Waals surface area contributed by atoms with Crippen molar-refractivity contribution in [1.82, 2.24) is 15.5 Å². The molecular weight excluding hydrogens is 376 g/mol. The van der Waals surface area contributed by atoms with Crippen LogP contribution in [0.15, 0.2) is 24.3 Å². The van der Waals surface area contributed by atoms with Crippen LogP contribution < -0.4 is 25.0 Å². The van der Waals surface area contributed by atoms with Gasteiger partial charge in [-0.3, -0.25) is 14.4 Å². The first-order valence-electron chi connectivity index (χ1n) is 9.99. The zero-order chi connectivity index (χ0) is 20.8. The van der Waals surface area contributed by atoms with E-state index >= 15 is 0 Å². The van der Waals surface area contributed by atoms with Crippen LogP contribution in [0.4, 0.5) is 0 Å². The van der Waals surface area contributed by atoms with E-state index in [-0.39, 0.29) is 43.5 Å². The van der Waals surface area contributed by atoms with Gasteiger partial charge in [0.2, 0.25) is 12.0 Å². The summed E-state index contributed by atoms with van der Waals surface area (Å²) in [6.45, 7) is 6.64. The van der Waals surface area contributed by atoms with E-state index in [0.29, 0.717) is 37.7 Å². The molecule has 1 saturated heterocycles. The van der Waals surface area contributed by atoms with Gasteiger partial charge in [0.25, 0.3) is 11.8 Å². The van der Waals surface area contributed by atoms with Crippen molar-refractivity contribution >= 4 is 17.7 Å². The Kier molecular flexibility index (Phi) is 6.92. The summed E-state index contributed by atoms with van der Waals surface area (Å²) in [5.74, 6) is 0.779. The first-order chi connectivity index (χ1) is 13.9. The second kappa shape index (κ2) is 9.60. The summed E-state index contributed by atoms with van der Waals surface area (Å²) in [5, 5.41) is 5.37. The molecule has 1 aromatic rings. The lowest BCUT2D eigenvalue weighted by Crippen LogP contribution is -3.16. The summed E-state index contributed by atoms with van der Waals surface area (Å²) >= 11 is 0. The molecule has 0 unspecified atom stereocenters. The Morgan fingerprint density at radius 3 is 2.52 bits per heavy atom. The van der Waals surface area contributed by atoms with Crippen molar-refractivity contribution in [3.8, 4) is 11.5 Å². The Morgan fingerprint density at radius 2 is 1.83 bits per heavy atom. The second-order valence-electron chi connectivity index (χ2n) is 7.62. The Morgan fingerprint density at radius 1 is 1.14 bits per heavy atom. The molecular formula is C20H29N4O5+. The SMILES string of the molecule is CC(C)NC(=O)CNC(=O)C[NH+]1CCN(C(=O)[C@H]2COc3ccccc3O2)CC1. The molecule has 158 valence electrons. The van der Waals surface area contributed by atoms with Gasteiger partial charge in [-0.1, -0.05) is 12.1 Å². The van der Waals surface area contributed by atoms with Crippen molar-refractivity contribution in [3.63, 3.8) is 0 Å². The number of carbonyl (C=O) groups is 3. The quantitative estimate of drug-likeness (QED) is 0.518. The molecule has 9 heteroatoms. The molecule has 0 bridgehead atoms.